The van der Waals surface area contributed by atoms with Crippen molar-refractivity contribution < 1.29 is 75.4 Å². The van der Waals surface area contributed by atoms with Crippen LogP contribution in [0.4, 0.5) is 26.3 Å². The summed E-state index contributed by atoms with van der Waals surface area (Å²) in [5.74, 6) is 0.592. The Hall–Kier alpha value is -3.38. The van der Waals surface area contributed by atoms with Crippen LogP contribution in [0.2, 0.25) is 0 Å². The van der Waals surface area contributed by atoms with Crippen molar-refractivity contribution in [2.45, 2.75) is 112 Å². The van der Waals surface area contributed by atoms with E-state index in [9.17, 15) is 26.3 Å². The van der Waals surface area contributed by atoms with Gasteiger partial charge in [-0.2, -0.15) is 11.6 Å². The molecule has 1 atom stereocenters. The zero-order valence-electron chi connectivity index (χ0n) is 37.0. The molecule has 0 N–H and O–H groups in total. The fraction of sp³-hybridized carbons (Fsp3) is 0.358. The molecular formula is C53H54Cl2F6Zr-2. The average molecular weight is 967 g/mol. The van der Waals surface area contributed by atoms with E-state index in [4.69, 9.17) is 0 Å². The molecule has 0 radical (unpaired) electrons. The fourth-order valence-electron chi connectivity index (χ4n) is 8.65. The van der Waals surface area contributed by atoms with Crippen molar-refractivity contribution in [1.29, 1.82) is 0 Å². The third-order valence-corrected chi connectivity index (χ3v) is 13.3. The normalized spacial score (nSPS) is 17.1. The van der Waals surface area contributed by atoms with Crippen molar-refractivity contribution in [1.82, 2.24) is 0 Å². The van der Waals surface area contributed by atoms with E-state index in [-0.39, 0.29) is 46.8 Å². The summed E-state index contributed by atoms with van der Waals surface area (Å²) in [6, 6.07) is 21.3. The summed E-state index contributed by atoms with van der Waals surface area (Å²) in [5, 5.41) is 5.57. The number of alkyl halides is 6. The molecule has 0 aliphatic heterocycles. The molecule has 9 heteroatoms. The van der Waals surface area contributed by atoms with Crippen LogP contribution in [0.5, 0.6) is 0 Å². The van der Waals surface area contributed by atoms with E-state index in [1.165, 1.54) is 104 Å². The number of fused-ring (bicyclic) bond motifs is 5. The van der Waals surface area contributed by atoms with Crippen LogP contribution < -0.4 is 24.8 Å². The Bertz CT molecular complexity index is 2440. The van der Waals surface area contributed by atoms with Gasteiger partial charge in [0.25, 0.3) is 0 Å². The van der Waals surface area contributed by atoms with E-state index < -0.39 is 23.5 Å². The van der Waals surface area contributed by atoms with Gasteiger partial charge >= 0.3 is 137 Å². The fourth-order valence-corrected chi connectivity index (χ4v) is 9.42. The van der Waals surface area contributed by atoms with Gasteiger partial charge in [0.2, 0.25) is 0 Å². The number of hydrogen-bond donors (Lipinski definition) is 0. The van der Waals surface area contributed by atoms with Gasteiger partial charge in [-0.25, -0.2) is 6.08 Å². The molecule has 0 aromatic heterocycles. The molecule has 0 nitrogen and oxygen atoms in total. The van der Waals surface area contributed by atoms with E-state index in [0.717, 1.165) is 48.5 Å². The first-order valence-corrected chi connectivity index (χ1v) is 21.9. The minimum absolute atomic E-state index is 0. The summed E-state index contributed by atoms with van der Waals surface area (Å²) < 4.78 is 76.7. The molecule has 0 saturated carbocycles. The third kappa shape index (κ3) is 11.1. The number of benzene rings is 4. The van der Waals surface area contributed by atoms with Crippen LogP contribution in [0, 0.1) is 17.4 Å². The Morgan fingerprint density at radius 3 is 1.50 bits per heavy atom. The predicted octanol–water partition coefficient (Wildman–Crippen LogP) is 10.1. The number of rotatable bonds is 5. The molecule has 1 unspecified atom stereocenters. The molecule has 5 aromatic rings. The van der Waals surface area contributed by atoms with Crippen LogP contribution in [0.15, 0.2) is 109 Å². The molecule has 328 valence electrons. The van der Waals surface area contributed by atoms with Gasteiger partial charge in [0.15, 0.2) is 0 Å². The zero-order chi connectivity index (χ0) is 44.2. The maximum Gasteiger partial charge on any atom is -1.00 e. The average Bonchev–Trinajstić information content (AvgIpc) is 3.90. The second-order valence-electron chi connectivity index (χ2n) is 18.7. The van der Waals surface area contributed by atoms with E-state index in [2.05, 4.69) is 130 Å². The van der Waals surface area contributed by atoms with Gasteiger partial charge in [-0.3, -0.25) is 6.08 Å². The Kier molecular flexibility index (Phi) is 15.7. The van der Waals surface area contributed by atoms with Crippen molar-refractivity contribution in [2.24, 2.45) is 11.3 Å². The molecule has 0 fully saturated rings. The van der Waals surface area contributed by atoms with Crippen LogP contribution in [0.1, 0.15) is 133 Å². The standard InChI is InChI=1S/C25H25.C15H8F6.C13H21.2ClH.Zr/c1-14-12-24(3,4)22-8-16-7-17-9-23-19(15(2)13-25(23,5)6)11-21(17)20(16)10-18(14)22;16-14(17,18)12-5-1-3-10(8-12)7-11-4-2-6-13(9-11)15(19,20)21;1-5-6-7-11-8-9-12(10-11)13(2,3)4;;;/h7-13H,1-6H3;1-6,8-9H;9-11H,5-7H2,1-4H3;2*1H;/q-1;;-1;;;+2/p-2. The number of allylic oxidation sites excluding steroid dienone is 8. The van der Waals surface area contributed by atoms with Gasteiger partial charge in [0.1, 0.15) is 0 Å². The first kappa shape index (κ1) is 51.3. The molecule has 0 spiro atoms. The number of unbranched alkanes of at least 4 members (excludes halogenated alkanes) is 1. The third-order valence-electron chi connectivity index (χ3n) is 11.9. The SMILES string of the molecule is CC1=CC(C)(C)c2cc3[cH-]c4cc5c(cc4c3cc21)C(C)=CC5(C)C.CCCCC1[C-]=CC(C(C)(C)C)=C1.FC(F)(F)c1cccc([C](=[Zr+2])c2cccc(C(F)(F)F)c2)c1.[Cl-].[Cl-]. The van der Waals surface area contributed by atoms with Gasteiger partial charge < -0.3 is 24.8 Å². The Morgan fingerprint density at radius 2 is 1.13 bits per heavy atom. The second kappa shape index (κ2) is 19.0. The minimum Gasteiger partial charge on any atom is -1.00 e. The molecule has 8 rings (SSSR count). The minimum atomic E-state index is -4.49. The van der Waals surface area contributed by atoms with E-state index in [1.807, 2.05) is 0 Å². The van der Waals surface area contributed by atoms with Crippen LogP contribution in [-0.4, -0.2) is 3.21 Å². The van der Waals surface area contributed by atoms with Crippen LogP contribution in [0.25, 0.3) is 32.7 Å². The molecule has 0 heterocycles. The van der Waals surface area contributed by atoms with Crippen molar-refractivity contribution >= 4 is 35.9 Å². The molecule has 0 saturated heterocycles. The van der Waals surface area contributed by atoms with Gasteiger partial charge in [-0.1, -0.05) is 121 Å². The van der Waals surface area contributed by atoms with Gasteiger partial charge in [0, 0.05) is 10.8 Å². The quantitative estimate of drug-likeness (QED) is 0.122. The van der Waals surface area contributed by atoms with E-state index >= 15 is 0 Å². The van der Waals surface area contributed by atoms with Gasteiger partial charge in [-0.15, -0.1) is 39.7 Å². The van der Waals surface area contributed by atoms with E-state index in [0.29, 0.717) is 14.5 Å². The molecule has 3 aliphatic carbocycles. The molecular weight excluding hydrogens is 913 g/mol. The summed E-state index contributed by atoms with van der Waals surface area (Å²) in [6.07, 6.45) is 7.72. The first-order valence-electron chi connectivity index (χ1n) is 20.7. The summed E-state index contributed by atoms with van der Waals surface area (Å²) in [7, 11) is 0. The predicted molar refractivity (Wildman–Crippen MR) is 235 cm³/mol. The zero-order valence-corrected chi connectivity index (χ0v) is 41.0. The van der Waals surface area contributed by atoms with Gasteiger partial charge in [-0.05, 0) is 36.1 Å². The molecule has 0 bridgehead atoms. The van der Waals surface area contributed by atoms with Crippen molar-refractivity contribution in [3.63, 3.8) is 0 Å². The second-order valence-corrected chi connectivity index (χ2v) is 19.9. The molecule has 0 amide bonds. The van der Waals surface area contributed by atoms with Crippen molar-refractivity contribution in [3.8, 4) is 0 Å². The summed E-state index contributed by atoms with van der Waals surface area (Å²) in [6.45, 7) is 22.8. The van der Waals surface area contributed by atoms with Crippen LogP contribution in [0.3, 0.4) is 0 Å². The summed E-state index contributed by atoms with van der Waals surface area (Å²) in [5.41, 5.74) is 9.55. The Labute approximate surface area is 391 Å². The molecule has 5 aromatic carbocycles. The van der Waals surface area contributed by atoms with Crippen molar-refractivity contribution in [3.05, 3.63) is 159 Å². The molecule has 3 aliphatic rings. The maximum atomic E-state index is 12.7. The first-order chi connectivity index (χ1) is 27.8. The monoisotopic (exact) mass is 964 g/mol. The Balaban J connectivity index is 0.000000211. The van der Waals surface area contributed by atoms with Crippen LogP contribution >= 0.6 is 0 Å². The number of halogens is 8. The smallest absolute Gasteiger partial charge is 1.00 e. The van der Waals surface area contributed by atoms with Crippen LogP contribution in [-0.2, 0) is 47.4 Å². The Morgan fingerprint density at radius 1 is 0.694 bits per heavy atom. The summed E-state index contributed by atoms with van der Waals surface area (Å²) >= 11 is 0.729. The van der Waals surface area contributed by atoms with E-state index in [1.54, 1.807) is 0 Å². The largest absolute Gasteiger partial charge is 1.00 e. The molecule has 62 heavy (non-hydrogen) atoms. The topological polar surface area (TPSA) is 0 Å². The van der Waals surface area contributed by atoms with Gasteiger partial charge in [0.05, 0.1) is 0 Å². The summed E-state index contributed by atoms with van der Waals surface area (Å²) in [4.78, 5) is 0. The number of hydrogen-bond acceptors (Lipinski definition) is 0. The van der Waals surface area contributed by atoms with Crippen molar-refractivity contribution in [2.75, 3.05) is 0 Å². The maximum absolute atomic E-state index is 12.7.